The lowest BCUT2D eigenvalue weighted by Gasteiger charge is -2.33. The largest absolute Gasteiger partial charge is 0.510 e. The quantitative estimate of drug-likeness (QED) is 0.711. The van der Waals surface area contributed by atoms with Gasteiger partial charge >= 0.3 is 0 Å². The third kappa shape index (κ3) is 3.15. The van der Waals surface area contributed by atoms with E-state index in [0.717, 1.165) is 0 Å². The summed E-state index contributed by atoms with van der Waals surface area (Å²) in [6.45, 7) is 1.19. The third-order valence-corrected chi connectivity index (χ3v) is 3.66. The van der Waals surface area contributed by atoms with Crippen LogP contribution in [-0.2, 0) is 0 Å². The van der Waals surface area contributed by atoms with Gasteiger partial charge in [0.1, 0.15) is 5.76 Å². The molecule has 5 nitrogen and oxygen atoms in total. The summed E-state index contributed by atoms with van der Waals surface area (Å²) in [6, 6.07) is 8.48. The zero-order valence-corrected chi connectivity index (χ0v) is 11.9. The van der Waals surface area contributed by atoms with Gasteiger partial charge in [-0.25, -0.2) is 0 Å². The van der Waals surface area contributed by atoms with Crippen LogP contribution in [0.5, 0.6) is 0 Å². The molecule has 1 aromatic carbocycles. The van der Waals surface area contributed by atoms with Gasteiger partial charge < -0.3 is 20.2 Å². The fourth-order valence-corrected chi connectivity index (χ4v) is 2.35. The average Bonchev–Trinajstić information content (AvgIpc) is 2.52. The molecule has 0 aromatic heterocycles. The molecule has 0 fully saturated rings. The van der Waals surface area contributed by atoms with E-state index in [4.69, 9.17) is 0 Å². The highest BCUT2D eigenvalue weighted by Crippen LogP contribution is 2.25. The van der Waals surface area contributed by atoms with Crippen molar-refractivity contribution in [2.24, 2.45) is 0 Å². The number of hydrogen-bond donors (Lipinski definition) is 3. The van der Waals surface area contributed by atoms with Crippen molar-refractivity contribution in [2.75, 3.05) is 19.8 Å². The number of carbonyl (C=O) groups excluding carboxylic acids is 1. The zero-order chi connectivity index (χ0) is 15.4. The first kappa shape index (κ1) is 15.3. The predicted octanol–water partition coefficient (Wildman–Crippen LogP) is 1.25. The van der Waals surface area contributed by atoms with Crippen molar-refractivity contribution in [3.63, 3.8) is 0 Å². The molecule has 1 aliphatic rings. The SMILES string of the molecule is CC1C(O)=C(CO)C(CO)=CN1CC(=O)c1ccccc1. The number of benzene rings is 1. The molecule has 5 heteroatoms. The number of hydrogen-bond acceptors (Lipinski definition) is 5. The minimum atomic E-state index is -0.421. The molecule has 0 saturated carbocycles. The van der Waals surface area contributed by atoms with Crippen LogP contribution >= 0.6 is 0 Å². The van der Waals surface area contributed by atoms with Crippen molar-refractivity contribution < 1.29 is 20.1 Å². The molecular formula is C16H19NO4. The second-order valence-electron chi connectivity index (χ2n) is 4.97. The molecule has 0 saturated heterocycles. The Morgan fingerprint density at radius 1 is 1.19 bits per heavy atom. The fourth-order valence-electron chi connectivity index (χ4n) is 2.35. The van der Waals surface area contributed by atoms with Gasteiger partial charge in [-0.15, -0.1) is 0 Å². The number of aliphatic hydroxyl groups excluding tert-OH is 3. The normalized spacial score (nSPS) is 18.7. The van der Waals surface area contributed by atoms with Crippen molar-refractivity contribution in [3.8, 4) is 0 Å². The molecule has 0 bridgehead atoms. The number of rotatable bonds is 5. The first-order valence-electron chi connectivity index (χ1n) is 6.77. The predicted molar refractivity (Wildman–Crippen MR) is 78.8 cm³/mol. The van der Waals surface area contributed by atoms with E-state index in [0.29, 0.717) is 16.7 Å². The molecule has 1 heterocycles. The number of nitrogens with zero attached hydrogens (tertiary/aromatic N) is 1. The highest BCUT2D eigenvalue weighted by atomic mass is 16.3. The maximum absolute atomic E-state index is 12.2. The molecule has 1 aliphatic heterocycles. The van der Waals surface area contributed by atoms with Crippen LogP contribution in [-0.4, -0.2) is 51.8 Å². The minimum absolute atomic E-state index is 0.00934. The van der Waals surface area contributed by atoms with Crippen molar-refractivity contribution in [1.82, 2.24) is 4.90 Å². The highest BCUT2D eigenvalue weighted by molar-refractivity contribution is 5.97. The lowest BCUT2D eigenvalue weighted by Crippen LogP contribution is -2.38. The van der Waals surface area contributed by atoms with Crippen LogP contribution in [0.2, 0.25) is 0 Å². The first-order valence-corrected chi connectivity index (χ1v) is 6.77. The van der Waals surface area contributed by atoms with Crippen LogP contribution in [0.15, 0.2) is 53.4 Å². The number of aliphatic hydroxyl groups is 3. The Hall–Kier alpha value is -2.11. The second kappa shape index (κ2) is 6.56. The number of ketones is 1. The van der Waals surface area contributed by atoms with E-state index in [1.807, 2.05) is 6.07 Å². The molecule has 0 aliphatic carbocycles. The summed E-state index contributed by atoms with van der Waals surface area (Å²) in [7, 11) is 0. The van der Waals surface area contributed by atoms with E-state index in [-0.39, 0.29) is 31.3 Å². The van der Waals surface area contributed by atoms with Crippen LogP contribution in [0.4, 0.5) is 0 Å². The lowest BCUT2D eigenvalue weighted by molar-refractivity contribution is 0.0931. The minimum Gasteiger partial charge on any atom is -0.510 e. The molecule has 112 valence electrons. The zero-order valence-electron chi connectivity index (χ0n) is 11.9. The third-order valence-electron chi connectivity index (χ3n) is 3.66. The van der Waals surface area contributed by atoms with Crippen molar-refractivity contribution in [1.29, 1.82) is 0 Å². The summed E-state index contributed by atoms with van der Waals surface area (Å²) in [6.07, 6.45) is 1.62. The Morgan fingerprint density at radius 3 is 2.43 bits per heavy atom. The van der Waals surface area contributed by atoms with Gasteiger partial charge in [0, 0.05) is 22.9 Å². The van der Waals surface area contributed by atoms with Gasteiger partial charge in [0.2, 0.25) is 0 Å². The smallest absolute Gasteiger partial charge is 0.182 e. The second-order valence-corrected chi connectivity index (χ2v) is 4.97. The Labute approximate surface area is 123 Å². The first-order chi connectivity index (χ1) is 10.1. The van der Waals surface area contributed by atoms with Gasteiger partial charge in [-0.1, -0.05) is 30.3 Å². The fraction of sp³-hybridized carbons (Fsp3) is 0.312. The summed E-state index contributed by atoms with van der Waals surface area (Å²) in [4.78, 5) is 13.9. The van der Waals surface area contributed by atoms with Crippen LogP contribution in [0.1, 0.15) is 17.3 Å². The molecule has 1 aromatic rings. The van der Waals surface area contributed by atoms with Crippen LogP contribution in [0, 0.1) is 0 Å². The van der Waals surface area contributed by atoms with E-state index in [2.05, 4.69) is 0 Å². The van der Waals surface area contributed by atoms with Gasteiger partial charge in [-0.3, -0.25) is 4.79 Å². The molecule has 1 atom stereocenters. The Balaban J connectivity index is 2.20. The summed E-state index contributed by atoms with van der Waals surface area (Å²) >= 11 is 0. The van der Waals surface area contributed by atoms with Gasteiger partial charge in [0.15, 0.2) is 5.78 Å². The standard InChI is InChI=1S/C16H19NO4/c1-11-16(21)14(10-19)13(9-18)7-17(11)8-15(20)12-5-3-2-4-6-12/h2-7,11,18-19,21H,8-10H2,1H3. The van der Waals surface area contributed by atoms with E-state index in [1.54, 1.807) is 42.3 Å². The summed E-state index contributed by atoms with van der Waals surface area (Å²) < 4.78 is 0. The van der Waals surface area contributed by atoms with E-state index in [9.17, 15) is 20.1 Å². The molecular weight excluding hydrogens is 270 g/mol. The van der Waals surface area contributed by atoms with Gasteiger partial charge in [-0.05, 0) is 6.92 Å². The van der Waals surface area contributed by atoms with Crippen molar-refractivity contribution in [2.45, 2.75) is 13.0 Å². The van der Waals surface area contributed by atoms with E-state index >= 15 is 0 Å². The van der Waals surface area contributed by atoms with Gasteiger partial charge in [0.05, 0.1) is 25.8 Å². The van der Waals surface area contributed by atoms with Crippen molar-refractivity contribution in [3.05, 3.63) is 59.0 Å². The summed E-state index contributed by atoms with van der Waals surface area (Å²) in [5.41, 5.74) is 1.35. The molecule has 2 rings (SSSR count). The number of Topliss-reactive ketones (excluding diaryl/α,β-unsaturated/α-hetero) is 1. The maximum atomic E-state index is 12.2. The molecule has 0 spiro atoms. The Kier molecular flexibility index (Phi) is 4.77. The molecule has 0 amide bonds. The summed E-state index contributed by atoms with van der Waals surface area (Å²) in [5.74, 6) is -0.0823. The van der Waals surface area contributed by atoms with E-state index < -0.39 is 6.04 Å². The van der Waals surface area contributed by atoms with Gasteiger partial charge in [-0.2, -0.15) is 0 Å². The summed E-state index contributed by atoms with van der Waals surface area (Å²) in [5, 5.41) is 28.7. The van der Waals surface area contributed by atoms with Gasteiger partial charge in [0.25, 0.3) is 0 Å². The lowest BCUT2D eigenvalue weighted by atomic mass is 9.98. The van der Waals surface area contributed by atoms with Crippen molar-refractivity contribution >= 4 is 5.78 Å². The molecule has 21 heavy (non-hydrogen) atoms. The van der Waals surface area contributed by atoms with Crippen LogP contribution in [0.25, 0.3) is 0 Å². The van der Waals surface area contributed by atoms with E-state index in [1.165, 1.54) is 0 Å². The molecule has 0 radical (unpaired) electrons. The average molecular weight is 289 g/mol. The van der Waals surface area contributed by atoms with Crippen LogP contribution in [0.3, 0.4) is 0 Å². The highest BCUT2D eigenvalue weighted by Gasteiger charge is 2.27. The topological polar surface area (TPSA) is 81.0 Å². The monoisotopic (exact) mass is 289 g/mol. The molecule has 1 unspecified atom stereocenters. The van der Waals surface area contributed by atoms with Crippen LogP contribution < -0.4 is 0 Å². The molecule has 3 N–H and O–H groups in total. The number of carbonyl (C=O) groups is 1. The Morgan fingerprint density at radius 2 is 1.86 bits per heavy atom. The Bertz CT molecular complexity index is 577. The maximum Gasteiger partial charge on any atom is 0.182 e.